The third-order valence-electron chi connectivity index (χ3n) is 1.72. The molecule has 7 heteroatoms. The largest absolute Gasteiger partial charge is 0.276 e. The summed E-state index contributed by atoms with van der Waals surface area (Å²) in [5.41, 5.74) is 2.15. The average Bonchev–Trinajstić information content (AvgIpc) is 2.19. The number of amides is 1. The van der Waals surface area contributed by atoms with E-state index in [-0.39, 0.29) is 22.9 Å². The SMILES string of the molecule is CC(=O)NOCc1c(Cl)cccc1[N+](=O)[O-]. The molecule has 0 heterocycles. The van der Waals surface area contributed by atoms with Crippen molar-refractivity contribution in [2.45, 2.75) is 13.5 Å². The van der Waals surface area contributed by atoms with Gasteiger partial charge in [-0.2, -0.15) is 0 Å². The van der Waals surface area contributed by atoms with Gasteiger partial charge in [-0.1, -0.05) is 17.7 Å². The Labute approximate surface area is 96.3 Å². The van der Waals surface area contributed by atoms with Crippen LogP contribution in [0.25, 0.3) is 0 Å². The third-order valence-corrected chi connectivity index (χ3v) is 2.08. The van der Waals surface area contributed by atoms with Gasteiger partial charge < -0.3 is 0 Å². The van der Waals surface area contributed by atoms with Gasteiger partial charge in [0, 0.05) is 13.0 Å². The summed E-state index contributed by atoms with van der Waals surface area (Å²) in [7, 11) is 0. The number of rotatable bonds is 4. The number of nitro benzene ring substituents is 1. The molecule has 1 amide bonds. The minimum absolute atomic E-state index is 0.141. The molecule has 0 atom stereocenters. The molecule has 0 aliphatic rings. The zero-order valence-corrected chi connectivity index (χ0v) is 9.15. The maximum atomic E-state index is 10.7. The van der Waals surface area contributed by atoms with Crippen molar-refractivity contribution in [3.8, 4) is 0 Å². The zero-order chi connectivity index (χ0) is 12.1. The van der Waals surface area contributed by atoms with E-state index in [4.69, 9.17) is 16.4 Å². The van der Waals surface area contributed by atoms with Crippen LogP contribution in [-0.4, -0.2) is 10.8 Å². The number of hydrogen-bond acceptors (Lipinski definition) is 4. The summed E-state index contributed by atoms with van der Waals surface area (Å²) < 4.78 is 0. The summed E-state index contributed by atoms with van der Waals surface area (Å²) in [5, 5.41) is 10.9. The van der Waals surface area contributed by atoms with E-state index in [9.17, 15) is 14.9 Å². The fourth-order valence-electron chi connectivity index (χ4n) is 1.07. The molecule has 0 saturated carbocycles. The normalized spacial score (nSPS) is 9.88. The van der Waals surface area contributed by atoms with Crippen LogP contribution in [0, 0.1) is 10.1 Å². The summed E-state index contributed by atoms with van der Waals surface area (Å²) in [6, 6.07) is 4.31. The molecule has 0 aromatic heterocycles. The Morgan fingerprint density at radius 1 is 1.62 bits per heavy atom. The first-order valence-electron chi connectivity index (χ1n) is 4.32. The maximum Gasteiger partial charge on any atom is 0.276 e. The second-order valence-corrected chi connectivity index (χ2v) is 3.35. The monoisotopic (exact) mass is 244 g/mol. The Kier molecular flexibility index (Phi) is 4.21. The molecule has 1 aromatic rings. The van der Waals surface area contributed by atoms with E-state index in [1.807, 2.05) is 0 Å². The number of hydrogen-bond donors (Lipinski definition) is 1. The molecule has 0 bridgehead atoms. The van der Waals surface area contributed by atoms with Crippen LogP contribution in [0.15, 0.2) is 18.2 Å². The average molecular weight is 245 g/mol. The molecule has 0 aliphatic heterocycles. The zero-order valence-electron chi connectivity index (χ0n) is 8.40. The maximum absolute atomic E-state index is 10.7. The number of carbonyl (C=O) groups excluding carboxylic acids is 1. The highest BCUT2D eigenvalue weighted by atomic mass is 35.5. The molecule has 1 N–H and O–H groups in total. The lowest BCUT2D eigenvalue weighted by Gasteiger charge is -2.06. The minimum Gasteiger partial charge on any atom is -0.273 e. The van der Waals surface area contributed by atoms with Gasteiger partial charge in [-0.05, 0) is 6.07 Å². The van der Waals surface area contributed by atoms with Crippen LogP contribution in [0.4, 0.5) is 5.69 Å². The van der Waals surface area contributed by atoms with Gasteiger partial charge in [0.25, 0.3) is 5.69 Å². The van der Waals surface area contributed by atoms with Gasteiger partial charge in [-0.15, -0.1) is 0 Å². The molecule has 0 saturated heterocycles. The number of benzene rings is 1. The van der Waals surface area contributed by atoms with Gasteiger partial charge in [0.05, 0.1) is 15.5 Å². The van der Waals surface area contributed by atoms with Gasteiger partial charge in [0.2, 0.25) is 5.91 Å². The van der Waals surface area contributed by atoms with Crippen molar-refractivity contribution in [3.05, 3.63) is 38.9 Å². The molecule has 0 spiro atoms. The topological polar surface area (TPSA) is 81.5 Å². The highest BCUT2D eigenvalue weighted by molar-refractivity contribution is 6.31. The van der Waals surface area contributed by atoms with Gasteiger partial charge >= 0.3 is 0 Å². The quantitative estimate of drug-likeness (QED) is 0.647. The van der Waals surface area contributed by atoms with Crippen LogP contribution < -0.4 is 5.48 Å². The highest BCUT2D eigenvalue weighted by Gasteiger charge is 2.16. The Morgan fingerprint density at radius 2 is 2.31 bits per heavy atom. The molecular weight excluding hydrogens is 236 g/mol. The summed E-state index contributed by atoms with van der Waals surface area (Å²) in [6.07, 6.45) is 0. The van der Waals surface area contributed by atoms with Gasteiger partial charge in [0.1, 0.15) is 6.61 Å². The van der Waals surface area contributed by atoms with Crippen LogP contribution in [0.2, 0.25) is 5.02 Å². The first kappa shape index (κ1) is 12.4. The fourth-order valence-corrected chi connectivity index (χ4v) is 1.30. The molecule has 0 unspecified atom stereocenters. The van der Waals surface area contributed by atoms with Crippen molar-refractivity contribution in [1.82, 2.24) is 5.48 Å². The second-order valence-electron chi connectivity index (χ2n) is 2.94. The smallest absolute Gasteiger partial charge is 0.273 e. The minimum atomic E-state index is -0.557. The lowest BCUT2D eigenvalue weighted by atomic mass is 10.2. The van der Waals surface area contributed by atoms with Crippen molar-refractivity contribution in [2.24, 2.45) is 0 Å². The predicted molar refractivity (Wildman–Crippen MR) is 56.7 cm³/mol. The van der Waals surface area contributed by atoms with E-state index >= 15 is 0 Å². The van der Waals surface area contributed by atoms with Crippen molar-refractivity contribution in [2.75, 3.05) is 0 Å². The van der Waals surface area contributed by atoms with Crippen molar-refractivity contribution < 1.29 is 14.6 Å². The van der Waals surface area contributed by atoms with E-state index in [2.05, 4.69) is 5.48 Å². The summed E-state index contributed by atoms with van der Waals surface area (Å²) in [4.78, 5) is 25.4. The van der Waals surface area contributed by atoms with Crippen LogP contribution in [0.5, 0.6) is 0 Å². The lowest BCUT2D eigenvalue weighted by Crippen LogP contribution is -2.20. The van der Waals surface area contributed by atoms with E-state index in [0.717, 1.165) is 0 Å². The van der Waals surface area contributed by atoms with E-state index < -0.39 is 10.8 Å². The van der Waals surface area contributed by atoms with E-state index in [1.165, 1.54) is 25.1 Å². The van der Waals surface area contributed by atoms with Crippen LogP contribution in [0.3, 0.4) is 0 Å². The molecule has 1 aromatic carbocycles. The Bertz CT molecular complexity index is 422. The highest BCUT2D eigenvalue weighted by Crippen LogP contribution is 2.26. The van der Waals surface area contributed by atoms with Gasteiger partial charge in [-0.3, -0.25) is 19.7 Å². The number of nitrogens with zero attached hydrogens (tertiary/aromatic N) is 1. The predicted octanol–water partition coefficient (Wildman–Crippen LogP) is 1.82. The number of nitro groups is 1. The first-order valence-corrected chi connectivity index (χ1v) is 4.70. The summed E-state index contributed by atoms with van der Waals surface area (Å²) in [5.74, 6) is -0.394. The molecule has 16 heavy (non-hydrogen) atoms. The Hall–Kier alpha value is -1.66. The first-order chi connectivity index (χ1) is 7.52. The van der Waals surface area contributed by atoms with Crippen LogP contribution in [-0.2, 0) is 16.2 Å². The van der Waals surface area contributed by atoms with Crippen molar-refractivity contribution in [3.63, 3.8) is 0 Å². The van der Waals surface area contributed by atoms with Gasteiger partial charge in [0.15, 0.2) is 0 Å². The van der Waals surface area contributed by atoms with Crippen molar-refractivity contribution in [1.29, 1.82) is 0 Å². The van der Waals surface area contributed by atoms with Crippen LogP contribution in [0.1, 0.15) is 12.5 Å². The van der Waals surface area contributed by atoms with Gasteiger partial charge in [-0.25, -0.2) is 5.48 Å². The Balaban J connectivity index is 2.84. The molecule has 6 nitrogen and oxygen atoms in total. The molecule has 0 aliphatic carbocycles. The number of hydroxylamine groups is 1. The van der Waals surface area contributed by atoms with Crippen molar-refractivity contribution >= 4 is 23.2 Å². The van der Waals surface area contributed by atoms with E-state index in [0.29, 0.717) is 0 Å². The van der Waals surface area contributed by atoms with E-state index in [1.54, 1.807) is 0 Å². The number of carbonyl (C=O) groups is 1. The molecule has 0 fully saturated rings. The summed E-state index contributed by atoms with van der Waals surface area (Å²) in [6.45, 7) is 1.11. The summed E-state index contributed by atoms with van der Waals surface area (Å²) >= 11 is 5.79. The molecular formula is C9H9ClN2O4. The second kappa shape index (κ2) is 5.43. The number of halogens is 1. The van der Waals surface area contributed by atoms with Crippen LogP contribution >= 0.6 is 11.6 Å². The fraction of sp³-hybridized carbons (Fsp3) is 0.222. The molecule has 0 radical (unpaired) electrons. The number of nitrogens with one attached hydrogen (secondary N) is 1. The Morgan fingerprint density at radius 3 is 2.88 bits per heavy atom. The third kappa shape index (κ3) is 3.18. The molecule has 86 valence electrons. The molecule has 1 rings (SSSR count). The lowest BCUT2D eigenvalue weighted by molar-refractivity contribution is -0.386. The standard InChI is InChI=1S/C9H9ClN2O4/c1-6(13)11-16-5-7-8(10)3-2-4-9(7)12(14)15/h2-4H,5H2,1H3,(H,11,13).